The molecule has 0 spiro atoms. The molecular weight excluding hydrogens is 236 g/mol. The molecule has 1 heterocycles. The van der Waals surface area contributed by atoms with Crippen LogP contribution in [-0.2, 0) is 6.54 Å². The predicted octanol–water partition coefficient (Wildman–Crippen LogP) is 1.91. The Hall–Kier alpha value is -1.65. The van der Waals surface area contributed by atoms with E-state index in [-0.39, 0.29) is 0 Å². The molecule has 0 bridgehead atoms. The van der Waals surface area contributed by atoms with Crippen molar-refractivity contribution in [3.8, 4) is 5.69 Å². The Balaban J connectivity index is 1.76. The average Bonchev–Trinajstić information content (AvgIpc) is 2.93. The normalized spacial score (nSPS) is 11.1. The molecule has 19 heavy (non-hydrogen) atoms. The number of benzene rings is 1. The first-order valence-corrected chi connectivity index (χ1v) is 6.68. The number of imidazole rings is 1. The van der Waals surface area contributed by atoms with Crippen LogP contribution in [0.25, 0.3) is 5.69 Å². The molecule has 0 aliphatic carbocycles. The van der Waals surface area contributed by atoms with Crippen molar-refractivity contribution in [2.45, 2.75) is 13.0 Å². The molecule has 1 N–H and O–H groups in total. The zero-order valence-electron chi connectivity index (χ0n) is 11.7. The van der Waals surface area contributed by atoms with E-state index in [0.29, 0.717) is 0 Å². The monoisotopic (exact) mass is 258 g/mol. The Morgan fingerprint density at radius 1 is 1.21 bits per heavy atom. The molecule has 1 aromatic carbocycles. The zero-order valence-corrected chi connectivity index (χ0v) is 11.7. The van der Waals surface area contributed by atoms with Gasteiger partial charge in [-0.25, -0.2) is 4.98 Å². The fourth-order valence-electron chi connectivity index (χ4n) is 1.95. The Kier molecular flexibility index (Phi) is 5.12. The van der Waals surface area contributed by atoms with Crippen molar-refractivity contribution in [3.63, 3.8) is 0 Å². The molecule has 0 aliphatic rings. The minimum absolute atomic E-state index is 0.928. The number of nitrogens with zero attached hydrogens (tertiary/aromatic N) is 3. The van der Waals surface area contributed by atoms with E-state index in [1.165, 1.54) is 12.0 Å². The van der Waals surface area contributed by atoms with Crippen molar-refractivity contribution in [1.82, 2.24) is 19.8 Å². The maximum absolute atomic E-state index is 4.05. The molecule has 0 aliphatic heterocycles. The number of nitrogens with one attached hydrogen (secondary N) is 1. The lowest BCUT2D eigenvalue weighted by Crippen LogP contribution is -2.20. The van der Waals surface area contributed by atoms with Crippen LogP contribution in [-0.4, -0.2) is 41.6 Å². The van der Waals surface area contributed by atoms with Crippen LogP contribution >= 0.6 is 0 Å². The molecule has 2 rings (SSSR count). The van der Waals surface area contributed by atoms with Gasteiger partial charge < -0.3 is 14.8 Å². The average molecular weight is 258 g/mol. The molecule has 0 unspecified atom stereocenters. The van der Waals surface area contributed by atoms with Gasteiger partial charge in [0.2, 0.25) is 0 Å². The Morgan fingerprint density at radius 2 is 2.00 bits per heavy atom. The number of aromatic nitrogens is 2. The summed E-state index contributed by atoms with van der Waals surface area (Å²) in [7, 11) is 4.21. The van der Waals surface area contributed by atoms with Gasteiger partial charge in [0.1, 0.15) is 0 Å². The van der Waals surface area contributed by atoms with Gasteiger partial charge in [-0.05, 0) is 51.3 Å². The molecule has 1 aromatic heterocycles. The van der Waals surface area contributed by atoms with E-state index < -0.39 is 0 Å². The highest BCUT2D eigenvalue weighted by molar-refractivity contribution is 5.34. The van der Waals surface area contributed by atoms with Crippen LogP contribution in [0.1, 0.15) is 12.0 Å². The van der Waals surface area contributed by atoms with E-state index in [1.807, 2.05) is 17.1 Å². The first kappa shape index (κ1) is 13.8. The van der Waals surface area contributed by atoms with E-state index >= 15 is 0 Å². The van der Waals surface area contributed by atoms with Crippen molar-refractivity contribution in [2.24, 2.45) is 0 Å². The fraction of sp³-hybridized carbons (Fsp3) is 0.400. The molecule has 2 aromatic rings. The van der Waals surface area contributed by atoms with E-state index in [2.05, 4.69) is 53.6 Å². The quantitative estimate of drug-likeness (QED) is 0.770. The van der Waals surface area contributed by atoms with Gasteiger partial charge in [0.15, 0.2) is 0 Å². The van der Waals surface area contributed by atoms with Crippen LogP contribution in [0.4, 0.5) is 0 Å². The van der Waals surface area contributed by atoms with E-state index in [0.717, 1.165) is 25.3 Å². The summed E-state index contributed by atoms with van der Waals surface area (Å²) in [6.45, 7) is 3.12. The van der Waals surface area contributed by atoms with Gasteiger partial charge in [-0.15, -0.1) is 0 Å². The molecule has 4 nitrogen and oxygen atoms in total. The van der Waals surface area contributed by atoms with Gasteiger partial charge in [0.25, 0.3) is 0 Å². The van der Waals surface area contributed by atoms with Gasteiger partial charge in [0, 0.05) is 24.6 Å². The highest BCUT2D eigenvalue weighted by Gasteiger charge is 1.97. The minimum Gasteiger partial charge on any atom is -0.313 e. The van der Waals surface area contributed by atoms with Crippen LogP contribution in [0.2, 0.25) is 0 Å². The van der Waals surface area contributed by atoms with Crippen LogP contribution < -0.4 is 5.32 Å². The second-order valence-electron chi connectivity index (χ2n) is 4.97. The number of hydrogen-bond acceptors (Lipinski definition) is 3. The van der Waals surface area contributed by atoms with Crippen LogP contribution in [0.3, 0.4) is 0 Å². The largest absolute Gasteiger partial charge is 0.313 e. The summed E-state index contributed by atoms with van der Waals surface area (Å²) >= 11 is 0. The second-order valence-corrected chi connectivity index (χ2v) is 4.97. The molecule has 0 atom stereocenters. The van der Waals surface area contributed by atoms with E-state index in [9.17, 15) is 0 Å². The lowest BCUT2D eigenvalue weighted by molar-refractivity contribution is 0.394. The smallest absolute Gasteiger partial charge is 0.0991 e. The van der Waals surface area contributed by atoms with Crippen LogP contribution in [0, 0.1) is 0 Å². The Bertz CT molecular complexity index is 459. The first-order valence-electron chi connectivity index (χ1n) is 6.68. The van der Waals surface area contributed by atoms with E-state index in [4.69, 9.17) is 0 Å². The second kappa shape index (κ2) is 7.07. The summed E-state index contributed by atoms with van der Waals surface area (Å²) in [4.78, 5) is 6.26. The van der Waals surface area contributed by atoms with Crippen molar-refractivity contribution in [3.05, 3.63) is 48.5 Å². The van der Waals surface area contributed by atoms with Gasteiger partial charge in [0.05, 0.1) is 6.33 Å². The summed E-state index contributed by atoms with van der Waals surface area (Å²) in [6.07, 6.45) is 6.74. The predicted molar refractivity (Wildman–Crippen MR) is 78.4 cm³/mol. The number of rotatable bonds is 7. The summed E-state index contributed by atoms with van der Waals surface area (Å²) in [6, 6.07) is 8.57. The molecule has 0 saturated carbocycles. The topological polar surface area (TPSA) is 33.1 Å². The molecule has 0 amide bonds. The summed E-state index contributed by atoms with van der Waals surface area (Å²) < 4.78 is 2.01. The summed E-state index contributed by atoms with van der Waals surface area (Å²) in [5.41, 5.74) is 2.46. The summed E-state index contributed by atoms with van der Waals surface area (Å²) in [5.74, 6) is 0. The third-order valence-electron chi connectivity index (χ3n) is 3.03. The lowest BCUT2D eigenvalue weighted by atomic mass is 10.2. The summed E-state index contributed by atoms with van der Waals surface area (Å²) in [5, 5.41) is 3.47. The lowest BCUT2D eigenvalue weighted by Gasteiger charge is -2.10. The third-order valence-corrected chi connectivity index (χ3v) is 3.03. The van der Waals surface area contributed by atoms with Crippen LogP contribution in [0.5, 0.6) is 0 Å². The molecule has 0 fully saturated rings. The minimum atomic E-state index is 0.928. The van der Waals surface area contributed by atoms with Crippen molar-refractivity contribution in [1.29, 1.82) is 0 Å². The zero-order chi connectivity index (χ0) is 13.5. The highest BCUT2D eigenvalue weighted by Crippen LogP contribution is 2.08. The van der Waals surface area contributed by atoms with Gasteiger partial charge in [-0.1, -0.05) is 12.1 Å². The molecule has 4 heteroatoms. The van der Waals surface area contributed by atoms with Gasteiger partial charge >= 0.3 is 0 Å². The fourth-order valence-corrected chi connectivity index (χ4v) is 1.95. The molecule has 0 saturated heterocycles. The first-order chi connectivity index (χ1) is 9.25. The molecule has 102 valence electrons. The van der Waals surface area contributed by atoms with E-state index in [1.54, 1.807) is 6.20 Å². The SMILES string of the molecule is CN(C)CCCNCc1ccc(-n2ccnc2)cc1. The van der Waals surface area contributed by atoms with Crippen LogP contribution in [0.15, 0.2) is 43.0 Å². The molecule has 0 radical (unpaired) electrons. The van der Waals surface area contributed by atoms with Gasteiger partial charge in [-0.3, -0.25) is 0 Å². The van der Waals surface area contributed by atoms with Gasteiger partial charge in [-0.2, -0.15) is 0 Å². The standard InChI is InChI=1S/C15H22N4/c1-18(2)10-3-8-16-12-14-4-6-15(7-5-14)19-11-9-17-13-19/h4-7,9,11,13,16H,3,8,10,12H2,1-2H3. The maximum Gasteiger partial charge on any atom is 0.0991 e. The van der Waals surface area contributed by atoms with Crippen molar-refractivity contribution in [2.75, 3.05) is 27.2 Å². The molecular formula is C15H22N4. The highest BCUT2D eigenvalue weighted by atomic mass is 15.1. The van der Waals surface area contributed by atoms with Crippen molar-refractivity contribution >= 4 is 0 Å². The Labute approximate surface area is 115 Å². The van der Waals surface area contributed by atoms with Crippen molar-refractivity contribution < 1.29 is 0 Å². The number of hydrogen-bond donors (Lipinski definition) is 1. The Morgan fingerprint density at radius 3 is 2.63 bits per heavy atom. The third kappa shape index (κ3) is 4.50. The maximum atomic E-state index is 4.05.